The molecule has 0 spiro atoms. The van der Waals surface area contributed by atoms with Gasteiger partial charge in [0.1, 0.15) is 0 Å². The summed E-state index contributed by atoms with van der Waals surface area (Å²) in [6, 6.07) is 7.55. The summed E-state index contributed by atoms with van der Waals surface area (Å²) in [4.78, 5) is 14.5. The van der Waals surface area contributed by atoms with Crippen molar-refractivity contribution in [1.29, 1.82) is 0 Å². The van der Waals surface area contributed by atoms with Crippen molar-refractivity contribution in [3.8, 4) is 0 Å². The summed E-state index contributed by atoms with van der Waals surface area (Å²) in [5.41, 5.74) is 6.52. The molecule has 2 heterocycles. The Hall–Kier alpha value is -1.85. The van der Waals surface area contributed by atoms with Crippen LogP contribution >= 0.6 is 0 Å². The van der Waals surface area contributed by atoms with Crippen LogP contribution in [0.5, 0.6) is 0 Å². The fraction of sp³-hybridized carbons (Fsp3) is 0.526. The van der Waals surface area contributed by atoms with Crippen molar-refractivity contribution in [3.05, 3.63) is 35.5 Å². The second-order valence-corrected chi connectivity index (χ2v) is 7.66. The number of rotatable bonds is 2. The normalized spacial score (nSPS) is 26.6. The van der Waals surface area contributed by atoms with Crippen LogP contribution in [-0.2, 0) is 11.2 Å². The van der Waals surface area contributed by atoms with Gasteiger partial charge in [-0.25, -0.2) is 5.84 Å². The first-order chi connectivity index (χ1) is 11.5. The molecule has 1 aliphatic carbocycles. The number of fused-ring (bicyclic) bond motifs is 2. The molecule has 2 unspecified atom stereocenters. The SMILES string of the molecule is CC(C)n1cc2c3c(cccc31)C1CC(C(=O)NN)CN(C)[C@@H]1C2. The first-order valence-corrected chi connectivity index (χ1v) is 8.84. The molecule has 1 fully saturated rings. The maximum Gasteiger partial charge on any atom is 0.238 e. The molecule has 4 rings (SSSR count). The summed E-state index contributed by atoms with van der Waals surface area (Å²) in [5.74, 6) is 5.70. The van der Waals surface area contributed by atoms with E-state index < -0.39 is 0 Å². The van der Waals surface area contributed by atoms with Gasteiger partial charge >= 0.3 is 0 Å². The van der Waals surface area contributed by atoms with E-state index in [-0.39, 0.29) is 11.8 Å². The first-order valence-electron chi connectivity index (χ1n) is 8.84. The molecule has 1 amide bonds. The van der Waals surface area contributed by atoms with Crippen LogP contribution in [0.4, 0.5) is 0 Å². The zero-order chi connectivity index (χ0) is 17.0. The van der Waals surface area contributed by atoms with Crippen molar-refractivity contribution in [1.82, 2.24) is 14.9 Å². The monoisotopic (exact) mass is 326 g/mol. The van der Waals surface area contributed by atoms with Crippen LogP contribution in [0.15, 0.2) is 24.4 Å². The number of nitrogens with one attached hydrogen (secondary N) is 1. The minimum Gasteiger partial charge on any atom is -0.345 e. The predicted molar refractivity (Wildman–Crippen MR) is 95.6 cm³/mol. The van der Waals surface area contributed by atoms with Crippen LogP contribution in [0.3, 0.4) is 0 Å². The molecule has 5 nitrogen and oxygen atoms in total. The standard InChI is InChI=1S/C19H26N4O/c1-11(2)23-10-12-8-17-15(14-5-4-6-16(23)18(12)14)7-13(9-22(17)3)19(24)21-20/h4-6,10-11,13,15,17H,7-9,20H2,1-3H3,(H,21,24)/t13?,15?,17-/m1/s1. The quantitative estimate of drug-likeness (QED) is 0.505. The highest BCUT2D eigenvalue weighted by Crippen LogP contribution is 2.45. The Labute approximate surface area is 142 Å². The van der Waals surface area contributed by atoms with E-state index in [1.165, 1.54) is 22.0 Å². The van der Waals surface area contributed by atoms with Gasteiger partial charge in [-0.15, -0.1) is 0 Å². The Balaban J connectivity index is 1.83. The highest BCUT2D eigenvalue weighted by Gasteiger charge is 2.41. The summed E-state index contributed by atoms with van der Waals surface area (Å²) in [6.45, 7) is 5.24. The van der Waals surface area contributed by atoms with Gasteiger partial charge < -0.3 is 9.47 Å². The van der Waals surface area contributed by atoms with E-state index in [4.69, 9.17) is 5.84 Å². The van der Waals surface area contributed by atoms with Crippen LogP contribution in [0, 0.1) is 5.92 Å². The Bertz CT molecular complexity index is 794. The topological polar surface area (TPSA) is 63.3 Å². The largest absolute Gasteiger partial charge is 0.345 e. The van der Waals surface area contributed by atoms with E-state index in [2.05, 4.69) is 60.2 Å². The fourth-order valence-electron chi connectivity index (χ4n) is 4.81. The van der Waals surface area contributed by atoms with Crippen molar-refractivity contribution in [2.45, 2.75) is 44.7 Å². The molecule has 0 radical (unpaired) electrons. The molecule has 0 saturated carbocycles. The molecule has 24 heavy (non-hydrogen) atoms. The lowest BCUT2D eigenvalue weighted by atomic mass is 9.72. The lowest BCUT2D eigenvalue weighted by Crippen LogP contribution is -2.52. The third-order valence-electron chi connectivity index (χ3n) is 5.94. The van der Waals surface area contributed by atoms with Crippen molar-refractivity contribution in [2.75, 3.05) is 13.6 Å². The summed E-state index contributed by atoms with van der Waals surface area (Å²) in [6.07, 6.45) is 4.27. The number of piperidine rings is 1. The van der Waals surface area contributed by atoms with Crippen LogP contribution in [0.1, 0.15) is 43.4 Å². The van der Waals surface area contributed by atoms with E-state index in [0.29, 0.717) is 18.0 Å². The molecule has 2 aromatic rings. The third-order valence-corrected chi connectivity index (χ3v) is 5.94. The maximum absolute atomic E-state index is 12.1. The van der Waals surface area contributed by atoms with E-state index in [1.807, 2.05) is 0 Å². The van der Waals surface area contributed by atoms with Crippen molar-refractivity contribution in [2.24, 2.45) is 11.8 Å². The maximum atomic E-state index is 12.1. The second kappa shape index (κ2) is 5.60. The first kappa shape index (κ1) is 15.7. The Morgan fingerprint density at radius 1 is 1.38 bits per heavy atom. The van der Waals surface area contributed by atoms with Gasteiger partial charge in [-0.1, -0.05) is 12.1 Å². The van der Waals surface area contributed by atoms with E-state index in [1.54, 1.807) is 0 Å². The second-order valence-electron chi connectivity index (χ2n) is 7.66. The van der Waals surface area contributed by atoms with Gasteiger partial charge in [0, 0.05) is 41.6 Å². The van der Waals surface area contributed by atoms with Crippen LogP contribution in [0.25, 0.3) is 10.9 Å². The molecule has 1 aromatic carbocycles. The van der Waals surface area contributed by atoms with E-state index >= 15 is 0 Å². The number of amides is 1. The molecule has 2 aliphatic rings. The molecule has 128 valence electrons. The zero-order valence-corrected chi connectivity index (χ0v) is 14.6. The highest BCUT2D eigenvalue weighted by molar-refractivity contribution is 5.89. The van der Waals surface area contributed by atoms with Crippen LogP contribution in [0.2, 0.25) is 0 Å². The zero-order valence-electron chi connectivity index (χ0n) is 14.6. The van der Waals surface area contributed by atoms with Gasteiger partial charge in [0.05, 0.1) is 5.92 Å². The molecule has 1 saturated heterocycles. The van der Waals surface area contributed by atoms with Crippen molar-refractivity contribution < 1.29 is 4.79 Å². The molecular weight excluding hydrogens is 300 g/mol. The molecule has 0 bridgehead atoms. The van der Waals surface area contributed by atoms with Crippen molar-refractivity contribution >= 4 is 16.8 Å². The number of benzene rings is 1. The molecular formula is C19H26N4O. The Morgan fingerprint density at radius 3 is 2.88 bits per heavy atom. The number of hydrazine groups is 1. The number of hydrogen-bond donors (Lipinski definition) is 2. The van der Waals surface area contributed by atoms with Gasteiger partial charge in [-0.2, -0.15) is 0 Å². The molecule has 1 aliphatic heterocycles. The minimum absolute atomic E-state index is 0.0368. The minimum atomic E-state index is -0.0435. The Kier molecular flexibility index (Phi) is 3.66. The van der Waals surface area contributed by atoms with E-state index in [0.717, 1.165) is 19.4 Å². The van der Waals surface area contributed by atoms with Gasteiger partial charge in [0.15, 0.2) is 0 Å². The number of carbonyl (C=O) groups is 1. The average molecular weight is 326 g/mol. The average Bonchev–Trinajstić information content (AvgIpc) is 2.95. The number of likely N-dealkylation sites (tertiary alicyclic amines) is 1. The number of likely N-dealkylation sites (N-methyl/N-ethyl adjacent to an activating group) is 1. The van der Waals surface area contributed by atoms with Gasteiger partial charge in [-0.05, 0) is 50.9 Å². The third kappa shape index (κ3) is 2.19. The number of nitrogens with two attached hydrogens (primary N) is 1. The highest BCUT2D eigenvalue weighted by atomic mass is 16.2. The summed E-state index contributed by atoms with van der Waals surface area (Å²) in [7, 11) is 2.14. The predicted octanol–water partition coefficient (Wildman–Crippen LogP) is 2.17. The smallest absolute Gasteiger partial charge is 0.238 e. The van der Waals surface area contributed by atoms with Gasteiger partial charge in [0.25, 0.3) is 0 Å². The summed E-state index contributed by atoms with van der Waals surface area (Å²) in [5, 5.41) is 1.41. The summed E-state index contributed by atoms with van der Waals surface area (Å²) < 4.78 is 2.38. The van der Waals surface area contributed by atoms with Crippen LogP contribution in [-0.4, -0.2) is 35.0 Å². The lowest BCUT2D eigenvalue weighted by molar-refractivity contribution is -0.127. The molecule has 3 N–H and O–H groups in total. The van der Waals surface area contributed by atoms with Gasteiger partial charge in [-0.3, -0.25) is 10.2 Å². The van der Waals surface area contributed by atoms with Crippen LogP contribution < -0.4 is 11.3 Å². The molecule has 1 aromatic heterocycles. The number of nitrogens with zero attached hydrogens (tertiary/aromatic N) is 2. The number of hydrogen-bond acceptors (Lipinski definition) is 3. The van der Waals surface area contributed by atoms with E-state index in [9.17, 15) is 4.79 Å². The fourth-order valence-corrected chi connectivity index (χ4v) is 4.81. The van der Waals surface area contributed by atoms with Crippen molar-refractivity contribution in [3.63, 3.8) is 0 Å². The number of aromatic nitrogens is 1. The number of carbonyl (C=O) groups excluding carboxylic acids is 1. The van der Waals surface area contributed by atoms with Gasteiger partial charge in [0.2, 0.25) is 5.91 Å². The Morgan fingerprint density at radius 2 is 2.17 bits per heavy atom. The molecule has 3 atom stereocenters. The lowest BCUT2D eigenvalue weighted by Gasteiger charge is -2.45. The summed E-state index contributed by atoms with van der Waals surface area (Å²) >= 11 is 0. The molecule has 5 heteroatoms.